The summed E-state index contributed by atoms with van der Waals surface area (Å²) in [7, 11) is 3.88. The molecule has 0 aromatic heterocycles. The predicted octanol–water partition coefficient (Wildman–Crippen LogP) is 3.82. The number of hydrogen-bond acceptors (Lipinski definition) is 8. The van der Waals surface area contributed by atoms with Gasteiger partial charge in [-0.2, -0.15) is 0 Å². The van der Waals surface area contributed by atoms with Crippen LogP contribution in [0.4, 0.5) is 0 Å². The normalized spacial score (nSPS) is 21.1. The van der Waals surface area contributed by atoms with Gasteiger partial charge in [-0.15, -0.1) is 0 Å². The van der Waals surface area contributed by atoms with Crippen LogP contribution >= 0.6 is 21.6 Å². The van der Waals surface area contributed by atoms with Crippen molar-refractivity contribution in [2.75, 3.05) is 38.8 Å². The maximum atomic E-state index is 11.7. The predicted molar refractivity (Wildman–Crippen MR) is 111 cm³/mol. The molecular weight excluding hydrogens is 400 g/mol. The van der Waals surface area contributed by atoms with Crippen LogP contribution in [-0.4, -0.2) is 56.3 Å². The van der Waals surface area contributed by atoms with Gasteiger partial charge in [0, 0.05) is 23.0 Å². The van der Waals surface area contributed by atoms with Crippen molar-refractivity contribution in [2.45, 2.75) is 43.8 Å². The maximum absolute atomic E-state index is 11.7. The number of carbonyl (C=O) groups is 1. The highest BCUT2D eigenvalue weighted by Gasteiger charge is 2.19. The quantitative estimate of drug-likeness (QED) is 0.283. The Bertz CT molecular complexity index is 594. The fourth-order valence-electron chi connectivity index (χ4n) is 2.90. The summed E-state index contributed by atoms with van der Waals surface area (Å²) in [5, 5.41) is 0.709. The second-order valence-electron chi connectivity index (χ2n) is 6.60. The standard InChI is InChI=1S/C20H28O6S2/c21-19(7-3-5-17-8-13-27-28-17)24-12-11-22-9-10-23-15-20-25-14-16-4-1-2-6-18(16)26-20/h1-2,4,6,17,20H,3,5,7-15H2. The molecule has 1 aromatic carbocycles. The van der Waals surface area contributed by atoms with Crippen LogP contribution < -0.4 is 4.74 Å². The molecule has 2 atom stereocenters. The summed E-state index contributed by atoms with van der Waals surface area (Å²) < 4.78 is 27.5. The van der Waals surface area contributed by atoms with Crippen molar-refractivity contribution >= 4 is 27.6 Å². The number of fused-ring (bicyclic) bond motifs is 1. The molecule has 0 saturated carbocycles. The summed E-state index contributed by atoms with van der Waals surface area (Å²) in [6.07, 6.45) is 3.36. The molecule has 0 radical (unpaired) electrons. The third-order valence-electron chi connectivity index (χ3n) is 4.41. The number of hydrogen-bond donors (Lipinski definition) is 0. The van der Waals surface area contributed by atoms with Crippen LogP contribution in [0.1, 0.15) is 31.2 Å². The van der Waals surface area contributed by atoms with Gasteiger partial charge in [-0.05, 0) is 25.3 Å². The van der Waals surface area contributed by atoms with E-state index in [-0.39, 0.29) is 5.97 Å². The SMILES string of the molecule is O=C(CCCC1CCSS1)OCCOCCOCC1OCc2ccccc2O1. The van der Waals surface area contributed by atoms with E-state index in [4.69, 9.17) is 23.7 Å². The Labute approximate surface area is 174 Å². The Balaban J connectivity index is 1.12. The lowest BCUT2D eigenvalue weighted by atomic mass is 10.1. The number of benzene rings is 1. The molecule has 1 aromatic rings. The van der Waals surface area contributed by atoms with Crippen LogP contribution in [0.25, 0.3) is 0 Å². The Hall–Kier alpha value is -0.930. The summed E-state index contributed by atoms with van der Waals surface area (Å²) in [5.74, 6) is 1.94. The fraction of sp³-hybridized carbons (Fsp3) is 0.650. The molecule has 0 spiro atoms. The molecule has 0 aliphatic carbocycles. The average Bonchev–Trinajstić information content (AvgIpc) is 3.23. The molecule has 8 heteroatoms. The molecule has 3 rings (SSSR count). The van der Waals surface area contributed by atoms with Gasteiger partial charge in [-0.25, -0.2) is 0 Å². The summed E-state index contributed by atoms with van der Waals surface area (Å²) in [6.45, 7) is 2.44. The molecule has 0 amide bonds. The van der Waals surface area contributed by atoms with Crippen molar-refractivity contribution in [3.8, 4) is 5.75 Å². The van der Waals surface area contributed by atoms with Gasteiger partial charge in [-0.1, -0.05) is 39.8 Å². The summed E-state index contributed by atoms with van der Waals surface area (Å²) in [5.41, 5.74) is 1.05. The number of carbonyl (C=O) groups excluding carboxylic acids is 1. The minimum atomic E-state index is -0.392. The highest BCUT2D eigenvalue weighted by molar-refractivity contribution is 8.77. The van der Waals surface area contributed by atoms with Gasteiger partial charge in [-0.3, -0.25) is 4.79 Å². The van der Waals surface area contributed by atoms with E-state index in [9.17, 15) is 4.79 Å². The second kappa shape index (κ2) is 12.6. The molecule has 28 heavy (non-hydrogen) atoms. The molecule has 0 N–H and O–H groups in total. The zero-order valence-corrected chi connectivity index (χ0v) is 17.6. The lowest BCUT2D eigenvalue weighted by Gasteiger charge is -2.26. The van der Waals surface area contributed by atoms with E-state index in [2.05, 4.69) is 0 Å². The first-order chi connectivity index (χ1) is 13.8. The third-order valence-corrected chi connectivity index (χ3v) is 7.41. The third kappa shape index (κ3) is 7.83. The van der Waals surface area contributed by atoms with E-state index in [0.717, 1.165) is 24.2 Å². The fourth-order valence-corrected chi connectivity index (χ4v) is 5.93. The van der Waals surface area contributed by atoms with Crippen molar-refractivity contribution in [2.24, 2.45) is 0 Å². The topological polar surface area (TPSA) is 63.2 Å². The first-order valence-electron chi connectivity index (χ1n) is 9.77. The monoisotopic (exact) mass is 428 g/mol. The van der Waals surface area contributed by atoms with E-state index in [1.165, 1.54) is 12.2 Å². The average molecular weight is 429 g/mol. The Morgan fingerprint density at radius 1 is 1.14 bits per heavy atom. The second-order valence-corrected chi connectivity index (χ2v) is 9.38. The smallest absolute Gasteiger partial charge is 0.305 e. The summed E-state index contributed by atoms with van der Waals surface area (Å²) in [4.78, 5) is 11.7. The van der Waals surface area contributed by atoms with Crippen LogP contribution in [0.5, 0.6) is 5.75 Å². The van der Waals surface area contributed by atoms with E-state index in [1.54, 1.807) is 0 Å². The molecule has 2 aliphatic rings. The van der Waals surface area contributed by atoms with Gasteiger partial charge in [0.05, 0.1) is 26.4 Å². The van der Waals surface area contributed by atoms with Crippen LogP contribution in [0.3, 0.4) is 0 Å². The van der Waals surface area contributed by atoms with E-state index in [1.807, 2.05) is 45.9 Å². The zero-order valence-electron chi connectivity index (χ0n) is 16.0. The van der Waals surface area contributed by atoms with Crippen molar-refractivity contribution in [3.63, 3.8) is 0 Å². The van der Waals surface area contributed by atoms with Crippen molar-refractivity contribution in [1.82, 2.24) is 0 Å². The van der Waals surface area contributed by atoms with E-state index >= 15 is 0 Å². The highest BCUT2D eigenvalue weighted by Crippen LogP contribution is 2.39. The number of ether oxygens (including phenoxy) is 5. The zero-order chi connectivity index (χ0) is 19.4. The summed E-state index contributed by atoms with van der Waals surface area (Å²) >= 11 is 0. The minimum Gasteiger partial charge on any atom is -0.463 e. The van der Waals surface area contributed by atoms with E-state index < -0.39 is 6.29 Å². The maximum Gasteiger partial charge on any atom is 0.305 e. The first-order valence-corrected chi connectivity index (χ1v) is 12.1. The van der Waals surface area contributed by atoms with Gasteiger partial charge in [0.1, 0.15) is 19.0 Å². The highest BCUT2D eigenvalue weighted by atomic mass is 33.1. The molecule has 0 bridgehead atoms. The molecule has 2 unspecified atom stereocenters. The Kier molecular flexibility index (Phi) is 9.79. The number of esters is 1. The van der Waals surface area contributed by atoms with Crippen LogP contribution in [0, 0.1) is 0 Å². The van der Waals surface area contributed by atoms with Gasteiger partial charge < -0.3 is 23.7 Å². The Morgan fingerprint density at radius 2 is 2.00 bits per heavy atom. The molecule has 6 nitrogen and oxygen atoms in total. The van der Waals surface area contributed by atoms with Crippen LogP contribution in [0.15, 0.2) is 24.3 Å². The lowest BCUT2D eigenvalue weighted by Crippen LogP contribution is -2.30. The van der Waals surface area contributed by atoms with Gasteiger partial charge in [0.15, 0.2) is 0 Å². The summed E-state index contributed by atoms with van der Waals surface area (Å²) in [6, 6.07) is 7.82. The van der Waals surface area contributed by atoms with Crippen molar-refractivity contribution < 1.29 is 28.5 Å². The Morgan fingerprint density at radius 3 is 2.89 bits per heavy atom. The first kappa shape index (κ1) is 21.8. The van der Waals surface area contributed by atoms with Crippen molar-refractivity contribution in [3.05, 3.63) is 29.8 Å². The minimum absolute atomic E-state index is 0.137. The molecule has 1 saturated heterocycles. The van der Waals surface area contributed by atoms with Gasteiger partial charge >= 0.3 is 5.97 Å². The molecule has 2 heterocycles. The molecule has 1 fully saturated rings. The molecule has 2 aliphatic heterocycles. The van der Waals surface area contributed by atoms with E-state index in [0.29, 0.717) is 51.3 Å². The number of rotatable bonds is 12. The van der Waals surface area contributed by atoms with Crippen LogP contribution in [-0.2, 0) is 30.3 Å². The van der Waals surface area contributed by atoms with Gasteiger partial charge in [0.25, 0.3) is 0 Å². The largest absolute Gasteiger partial charge is 0.463 e. The van der Waals surface area contributed by atoms with Gasteiger partial charge in [0.2, 0.25) is 6.29 Å². The number of para-hydroxylation sites is 1. The molecular formula is C20H28O6S2. The van der Waals surface area contributed by atoms with Crippen molar-refractivity contribution in [1.29, 1.82) is 0 Å². The molecule has 156 valence electrons. The van der Waals surface area contributed by atoms with Crippen LogP contribution in [0.2, 0.25) is 0 Å². The lowest BCUT2D eigenvalue weighted by molar-refractivity contribution is -0.149.